The Bertz CT molecular complexity index is 865. The minimum Gasteiger partial charge on any atom is -0.411 e. The second-order valence-corrected chi connectivity index (χ2v) is 10.3. The third-order valence-electron chi connectivity index (χ3n) is 8.49. The first-order valence-electron chi connectivity index (χ1n) is 12.2. The van der Waals surface area contributed by atoms with Crippen molar-refractivity contribution in [3.05, 3.63) is 41.8 Å². The van der Waals surface area contributed by atoms with Gasteiger partial charge < -0.3 is 19.0 Å². The molecule has 3 aliphatic heterocycles. The van der Waals surface area contributed by atoms with Crippen LogP contribution in [0.4, 0.5) is 6.01 Å². The number of nitrogens with zero attached hydrogens (tertiary/aromatic N) is 4. The summed E-state index contributed by atoms with van der Waals surface area (Å²) >= 11 is 0. The second-order valence-electron chi connectivity index (χ2n) is 10.3. The molecule has 0 radical (unpaired) electrons. The van der Waals surface area contributed by atoms with Crippen LogP contribution < -0.4 is 4.90 Å². The van der Waals surface area contributed by atoms with Crippen LogP contribution in [-0.4, -0.2) is 60.5 Å². The summed E-state index contributed by atoms with van der Waals surface area (Å²) in [7, 11) is 0. The molecule has 1 atom stereocenters. The number of anilines is 1. The van der Waals surface area contributed by atoms with Gasteiger partial charge in [0.25, 0.3) is 0 Å². The summed E-state index contributed by atoms with van der Waals surface area (Å²) in [6, 6.07) is 10.7. The van der Waals surface area contributed by atoms with E-state index < -0.39 is 0 Å². The standard InChI is InChI=1S/C25H34N4O2/c1-2-4-23(20-8-13-30-14-9-20)22(3-1)19-6-11-28(12-7-19)21-5-10-25(15-21)16-29(17-25)24-27-26-18-31-24/h1-4,18-21H,5-17H2/t21-/m1/s1. The van der Waals surface area contributed by atoms with Crippen LogP contribution >= 0.6 is 0 Å². The fourth-order valence-corrected chi connectivity index (χ4v) is 6.82. The number of hydrogen-bond acceptors (Lipinski definition) is 6. The van der Waals surface area contributed by atoms with E-state index in [4.69, 9.17) is 9.15 Å². The van der Waals surface area contributed by atoms with Crippen LogP contribution in [0, 0.1) is 5.41 Å². The van der Waals surface area contributed by atoms with E-state index in [0.717, 1.165) is 38.3 Å². The van der Waals surface area contributed by atoms with Gasteiger partial charge in [-0.2, -0.15) is 0 Å². The Morgan fingerprint density at radius 1 is 0.903 bits per heavy atom. The first-order chi connectivity index (χ1) is 15.3. The zero-order valence-corrected chi connectivity index (χ0v) is 18.4. The third-order valence-corrected chi connectivity index (χ3v) is 8.49. The number of likely N-dealkylation sites (tertiary alicyclic amines) is 1. The smallest absolute Gasteiger partial charge is 0.317 e. The molecule has 4 heterocycles. The number of hydrogen-bond donors (Lipinski definition) is 0. The van der Waals surface area contributed by atoms with Crippen molar-refractivity contribution in [2.75, 3.05) is 44.3 Å². The highest BCUT2D eigenvalue weighted by molar-refractivity contribution is 5.35. The molecule has 0 unspecified atom stereocenters. The van der Waals surface area contributed by atoms with E-state index in [1.165, 1.54) is 64.4 Å². The average molecular weight is 423 g/mol. The molecular weight excluding hydrogens is 388 g/mol. The van der Waals surface area contributed by atoms with Crippen LogP contribution in [0.5, 0.6) is 0 Å². The van der Waals surface area contributed by atoms with Gasteiger partial charge in [0.2, 0.25) is 6.39 Å². The molecule has 1 aromatic heterocycles. The number of benzene rings is 1. The van der Waals surface area contributed by atoms with Gasteiger partial charge in [-0.1, -0.05) is 29.4 Å². The average Bonchev–Trinajstić information content (AvgIpc) is 3.49. The van der Waals surface area contributed by atoms with E-state index in [1.54, 1.807) is 11.1 Å². The fraction of sp³-hybridized carbons (Fsp3) is 0.680. The topological polar surface area (TPSA) is 54.6 Å². The molecule has 0 bridgehead atoms. The maximum absolute atomic E-state index is 5.61. The molecule has 4 fully saturated rings. The lowest BCUT2D eigenvalue weighted by Gasteiger charge is -2.48. The summed E-state index contributed by atoms with van der Waals surface area (Å²) in [5.41, 5.74) is 3.72. The van der Waals surface area contributed by atoms with Gasteiger partial charge in [0.05, 0.1) is 0 Å². The summed E-state index contributed by atoms with van der Waals surface area (Å²) < 4.78 is 11.0. The molecule has 0 amide bonds. The molecule has 1 aliphatic carbocycles. The first kappa shape index (κ1) is 19.7. The lowest BCUT2D eigenvalue weighted by atomic mass is 9.78. The van der Waals surface area contributed by atoms with Gasteiger partial charge in [0, 0.05) is 37.8 Å². The van der Waals surface area contributed by atoms with Crippen molar-refractivity contribution in [3.63, 3.8) is 0 Å². The highest BCUT2D eigenvalue weighted by atomic mass is 16.5. The van der Waals surface area contributed by atoms with Crippen molar-refractivity contribution in [2.45, 2.75) is 62.8 Å². The number of piperidine rings is 1. The van der Waals surface area contributed by atoms with Crippen molar-refractivity contribution in [2.24, 2.45) is 5.41 Å². The lowest BCUT2D eigenvalue weighted by Crippen LogP contribution is -2.56. The maximum Gasteiger partial charge on any atom is 0.317 e. The summed E-state index contributed by atoms with van der Waals surface area (Å²) in [5, 5.41) is 7.90. The van der Waals surface area contributed by atoms with E-state index in [2.05, 4.69) is 44.3 Å². The molecule has 0 N–H and O–H groups in total. The predicted molar refractivity (Wildman–Crippen MR) is 119 cm³/mol. The zero-order chi connectivity index (χ0) is 20.7. The molecule has 1 spiro atoms. The molecule has 1 saturated carbocycles. The van der Waals surface area contributed by atoms with Gasteiger partial charge in [-0.25, -0.2) is 0 Å². The molecule has 4 aliphatic rings. The van der Waals surface area contributed by atoms with E-state index in [1.807, 2.05) is 0 Å². The van der Waals surface area contributed by atoms with E-state index in [0.29, 0.717) is 17.3 Å². The summed E-state index contributed by atoms with van der Waals surface area (Å²) in [6.45, 7) is 6.51. The predicted octanol–water partition coefficient (Wildman–Crippen LogP) is 4.20. The monoisotopic (exact) mass is 422 g/mol. The largest absolute Gasteiger partial charge is 0.411 e. The number of rotatable bonds is 4. The highest BCUT2D eigenvalue weighted by Crippen LogP contribution is 2.49. The number of ether oxygens (including phenoxy) is 1. The van der Waals surface area contributed by atoms with Crippen LogP contribution in [0.2, 0.25) is 0 Å². The highest BCUT2D eigenvalue weighted by Gasteiger charge is 2.50. The molecule has 6 heteroatoms. The van der Waals surface area contributed by atoms with Gasteiger partial charge in [-0.3, -0.25) is 0 Å². The van der Waals surface area contributed by atoms with Crippen molar-refractivity contribution in [1.29, 1.82) is 0 Å². The minimum absolute atomic E-state index is 0.478. The van der Waals surface area contributed by atoms with Crippen molar-refractivity contribution < 1.29 is 9.15 Å². The van der Waals surface area contributed by atoms with Crippen molar-refractivity contribution in [3.8, 4) is 0 Å². The van der Waals surface area contributed by atoms with Gasteiger partial charge in [0.15, 0.2) is 0 Å². The fourth-order valence-electron chi connectivity index (χ4n) is 6.82. The molecule has 166 valence electrons. The summed E-state index contributed by atoms with van der Waals surface area (Å²) in [6.07, 6.45) is 10.4. The minimum atomic E-state index is 0.478. The Morgan fingerprint density at radius 2 is 1.61 bits per heavy atom. The zero-order valence-electron chi connectivity index (χ0n) is 18.4. The second kappa shape index (κ2) is 8.21. The maximum atomic E-state index is 5.61. The molecule has 31 heavy (non-hydrogen) atoms. The van der Waals surface area contributed by atoms with Gasteiger partial charge >= 0.3 is 6.01 Å². The van der Waals surface area contributed by atoms with E-state index in [9.17, 15) is 0 Å². The van der Waals surface area contributed by atoms with Gasteiger partial charge in [-0.15, -0.1) is 5.10 Å². The Labute approximate surface area is 185 Å². The molecule has 1 aromatic carbocycles. The molecular formula is C25H34N4O2. The van der Waals surface area contributed by atoms with Crippen LogP contribution in [0.25, 0.3) is 0 Å². The Balaban J connectivity index is 1.05. The third kappa shape index (κ3) is 3.78. The van der Waals surface area contributed by atoms with Crippen LogP contribution in [-0.2, 0) is 4.74 Å². The molecule has 6 rings (SSSR count). The van der Waals surface area contributed by atoms with E-state index >= 15 is 0 Å². The first-order valence-corrected chi connectivity index (χ1v) is 12.2. The Morgan fingerprint density at radius 3 is 2.29 bits per heavy atom. The summed E-state index contributed by atoms with van der Waals surface area (Å²) in [5.74, 6) is 1.42. The molecule has 6 nitrogen and oxygen atoms in total. The SMILES string of the molecule is c1ccc(C2CCN([C@@H]3CCC4(C3)CN(c3nnco3)C4)CC2)c(C2CCOCC2)c1. The molecule has 2 aromatic rings. The van der Waals surface area contributed by atoms with E-state index in [-0.39, 0.29) is 0 Å². The van der Waals surface area contributed by atoms with Crippen LogP contribution in [0.3, 0.4) is 0 Å². The van der Waals surface area contributed by atoms with Crippen LogP contribution in [0.1, 0.15) is 67.9 Å². The van der Waals surface area contributed by atoms with Crippen molar-refractivity contribution in [1.82, 2.24) is 15.1 Å². The quantitative estimate of drug-likeness (QED) is 0.736. The Kier molecular flexibility index (Phi) is 5.23. The number of aromatic nitrogens is 2. The molecule has 3 saturated heterocycles. The van der Waals surface area contributed by atoms with Gasteiger partial charge in [-0.05, 0) is 81.0 Å². The van der Waals surface area contributed by atoms with Crippen molar-refractivity contribution >= 4 is 6.01 Å². The normalized spacial score (nSPS) is 27.6. The summed E-state index contributed by atoms with van der Waals surface area (Å²) in [4.78, 5) is 5.05. The Hall–Kier alpha value is -1.92. The van der Waals surface area contributed by atoms with Gasteiger partial charge in [0.1, 0.15) is 0 Å². The van der Waals surface area contributed by atoms with Crippen LogP contribution in [0.15, 0.2) is 35.1 Å². The lowest BCUT2D eigenvalue weighted by molar-refractivity contribution is 0.0848.